The minimum absolute atomic E-state index is 0.643. The third-order valence-corrected chi connectivity index (χ3v) is 3.36. The number of ether oxygens (including phenoxy) is 1. The minimum atomic E-state index is 0.643. The lowest BCUT2D eigenvalue weighted by atomic mass is 10.1. The molecular weight excluding hydrogens is 212 g/mol. The third-order valence-electron chi connectivity index (χ3n) is 3.36. The van der Waals surface area contributed by atoms with E-state index in [0.29, 0.717) is 6.04 Å². The average Bonchev–Trinajstić information content (AvgIpc) is 2.74. The van der Waals surface area contributed by atoms with Crippen LogP contribution in [0.3, 0.4) is 0 Å². The third kappa shape index (κ3) is 3.13. The Bertz CT molecular complexity index is 361. The predicted octanol–water partition coefficient (Wildman–Crippen LogP) is 2.41. The van der Waals surface area contributed by atoms with Crippen LogP contribution in [0.25, 0.3) is 0 Å². The lowest BCUT2D eigenvalue weighted by molar-refractivity contribution is 0.289. The first-order valence-electron chi connectivity index (χ1n) is 6.39. The molecule has 17 heavy (non-hydrogen) atoms. The molecule has 0 amide bonds. The van der Waals surface area contributed by atoms with E-state index >= 15 is 0 Å². The zero-order valence-electron chi connectivity index (χ0n) is 10.8. The van der Waals surface area contributed by atoms with Crippen molar-refractivity contribution in [1.29, 1.82) is 0 Å². The van der Waals surface area contributed by atoms with Crippen molar-refractivity contribution in [3.05, 3.63) is 23.3 Å². The van der Waals surface area contributed by atoms with E-state index < -0.39 is 0 Å². The molecule has 3 heteroatoms. The largest absolute Gasteiger partial charge is 0.493 e. The highest BCUT2D eigenvalue weighted by Crippen LogP contribution is 2.26. The van der Waals surface area contributed by atoms with Gasteiger partial charge in [0.1, 0.15) is 5.75 Å². The summed E-state index contributed by atoms with van der Waals surface area (Å²) in [4.78, 5) is 0. The van der Waals surface area contributed by atoms with Crippen molar-refractivity contribution in [3.8, 4) is 5.75 Å². The van der Waals surface area contributed by atoms with Crippen LogP contribution in [0, 0.1) is 13.8 Å². The van der Waals surface area contributed by atoms with Gasteiger partial charge in [0.2, 0.25) is 0 Å². The lowest BCUT2D eigenvalue weighted by Crippen LogP contribution is -2.23. The van der Waals surface area contributed by atoms with Crippen LogP contribution < -0.4 is 15.8 Å². The Labute approximate surface area is 103 Å². The molecule has 2 rings (SSSR count). The Morgan fingerprint density at radius 3 is 2.65 bits per heavy atom. The molecule has 0 saturated carbocycles. The van der Waals surface area contributed by atoms with Crippen molar-refractivity contribution in [1.82, 2.24) is 5.32 Å². The first kappa shape index (κ1) is 12.2. The quantitative estimate of drug-likeness (QED) is 0.786. The van der Waals surface area contributed by atoms with Gasteiger partial charge in [-0.2, -0.15) is 0 Å². The maximum absolute atomic E-state index is 5.89. The van der Waals surface area contributed by atoms with E-state index in [9.17, 15) is 0 Å². The van der Waals surface area contributed by atoms with E-state index in [2.05, 4.69) is 5.32 Å². The molecule has 1 saturated heterocycles. The van der Waals surface area contributed by atoms with Gasteiger partial charge < -0.3 is 15.8 Å². The zero-order valence-corrected chi connectivity index (χ0v) is 10.8. The van der Waals surface area contributed by atoms with Crippen molar-refractivity contribution < 1.29 is 4.74 Å². The summed E-state index contributed by atoms with van der Waals surface area (Å²) < 4.78 is 5.89. The normalized spacial score (nSPS) is 19.5. The van der Waals surface area contributed by atoms with Gasteiger partial charge in [0.15, 0.2) is 0 Å². The molecule has 1 aromatic rings. The van der Waals surface area contributed by atoms with Gasteiger partial charge in [0, 0.05) is 11.7 Å². The summed E-state index contributed by atoms with van der Waals surface area (Å²) in [5.41, 5.74) is 8.85. The lowest BCUT2D eigenvalue weighted by Gasteiger charge is -2.15. The number of aryl methyl sites for hydroxylation is 2. The molecule has 94 valence electrons. The summed E-state index contributed by atoms with van der Waals surface area (Å²) in [6.07, 6.45) is 3.66. The summed E-state index contributed by atoms with van der Waals surface area (Å²) >= 11 is 0. The van der Waals surface area contributed by atoms with Crippen LogP contribution in [0.4, 0.5) is 5.69 Å². The molecular formula is C14H22N2O. The van der Waals surface area contributed by atoms with Crippen LogP contribution in [-0.2, 0) is 0 Å². The van der Waals surface area contributed by atoms with Gasteiger partial charge in [0.05, 0.1) is 6.61 Å². The monoisotopic (exact) mass is 234 g/mol. The Kier molecular flexibility index (Phi) is 3.89. The van der Waals surface area contributed by atoms with Crippen LogP contribution in [0.2, 0.25) is 0 Å². The minimum Gasteiger partial charge on any atom is -0.493 e. The summed E-state index contributed by atoms with van der Waals surface area (Å²) in [6, 6.07) is 4.58. The van der Waals surface area contributed by atoms with Crippen molar-refractivity contribution in [2.24, 2.45) is 0 Å². The van der Waals surface area contributed by atoms with E-state index in [1.54, 1.807) is 0 Å². The molecule has 1 unspecified atom stereocenters. The Morgan fingerprint density at radius 2 is 2.06 bits per heavy atom. The SMILES string of the molecule is Cc1cc(N)cc(C)c1OCCC1CCCN1. The van der Waals surface area contributed by atoms with E-state index in [1.165, 1.54) is 12.8 Å². The van der Waals surface area contributed by atoms with Gasteiger partial charge in [-0.25, -0.2) is 0 Å². The number of anilines is 1. The van der Waals surface area contributed by atoms with Crippen LogP contribution in [0.15, 0.2) is 12.1 Å². The number of hydrogen-bond acceptors (Lipinski definition) is 3. The molecule has 1 aromatic carbocycles. The molecule has 1 heterocycles. The second-order valence-electron chi connectivity index (χ2n) is 4.91. The van der Waals surface area contributed by atoms with E-state index in [-0.39, 0.29) is 0 Å². The first-order chi connectivity index (χ1) is 8.16. The van der Waals surface area contributed by atoms with Gasteiger partial charge >= 0.3 is 0 Å². The summed E-state index contributed by atoms with van der Waals surface area (Å²) in [7, 11) is 0. The molecule has 1 aliphatic heterocycles. The molecule has 0 bridgehead atoms. The van der Waals surface area contributed by atoms with E-state index in [4.69, 9.17) is 10.5 Å². The number of benzene rings is 1. The number of rotatable bonds is 4. The number of nitrogen functional groups attached to an aromatic ring is 1. The molecule has 0 radical (unpaired) electrons. The topological polar surface area (TPSA) is 47.3 Å². The number of nitrogens with one attached hydrogen (secondary N) is 1. The molecule has 1 atom stereocenters. The second kappa shape index (κ2) is 5.41. The van der Waals surface area contributed by atoms with Crippen molar-refractivity contribution in [3.63, 3.8) is 0 Å². The van der Waals surface area contributed by atoms with Crippen LogP contribution in [0.1, 0.15) is 30.4 Å². The average molecular weight is 234 g/mol. The van der Waals surface area contributed by atoms with Gasteiger partial charge in [-0.3, -0.25) is 0 Å². The molecule has 1 fully saturated rings. The van der Waals surface area contributed by atoms with Crippen molar-refractivity contribution in [2.45, 2.75) is 39.2 Å². The fraction of sp³-hybridized carbons (Fsp3) is 0.571. The highest BCUT2D eigenvalue weighted by atomic mass is 16.5. The highest BCUT2D eigenvalue weighted by Gasteiger charge is 2.14. The molecule has 3 N–H and O–H groups in total. The van der Waals surface area contributed by atoms with Gasteiger partial charge in [-0.1, -0.05) is 0 Å². The van der Waals surface area contributed by atoms with Gasteiger partial charge in [0.25, 0.3) is 0 Å². The molecule has 0 spiro atoms. The zero-order chi connectivity index (χ0) is 12.3. The molecule has 0 aromatic heterocycles. The van der Waals surface area contributed by atoms with Crippen LogP contribution in [0.5, 0.6) is 5.75 Å². The highest BCUT2D eigenvalue weighted by molar-refractivity contribution is 5.52. The maximum Gasteiger partial charge on any atom is 0.125 e. The Morgan fingerprint density at radius 1 is 1.35 bits per heavy atom. The Hall–Kier alpha value is -1.22. The van der Waals surface area contributed by atoms with E-state index in [1.807, 2.05) is 26.0 Å². The smallest absolute Gasteiger partial charge is 0.125 e. The predicted molar refractivity (Wildman–Crippen MR) is 71.5 cm³/mol. The molecule has 3 nitrogen and oxygen atoms in total. The summed E-state index contributed by atoms with van der Waals surface area (Å²) in [6.45, 7) is 6.03. The second-order valence-corrected chi connectivity index (χ2v) is 4.91. The fourth-order valence-electron chi connectivity index (χ4n) is 2.52. The first-order valence-corrected chi connectivity index (χ1v) is 6.39. The standard InChI is InChI=1S/C14H22N2O/c1-10-8-12(15)9-11(2)14(10)17-7-5-13-4-3-6-16-13/h8-9,13,16H,3-7,15H2,1-2H3. The summed E-state index contributed by atoms with van der Waals surface area (Å²) in [5, 5.41) is 3.48. The number of hydrogen-bond donors (Lipinski definition) is 2. The van der Waals surface area contributed by atoms with E-state index in [0.717, 1.165) is 42.1 Å². The van der Waals surface area contributed by atoms with Crippen LogP contribution >= 0.6 is 0 Å². The maximum atomic E-state index is 5.89. The van der Waals surface area contributed by atoms with Gasteiger partial charge in [-0.05, 0) is 62.9 Å². The van der Waals surface area contributed by atoms with Crippen molar-refractivity contribution in [2.75, 3.05) is 18.9 Å². The Balaban J connectivity index is 1.89. The fourth-order valence-corrected chi connectivity index (χ4v) is 2.52. The van der Waals surface area contributed by atoms with Crippen molar-refractivity contribution >= 4 is 5.69 Å². The molecule has 1 aliphatic rings. The van der Waals surface area contributed by atoms with Gasteiger partial charge in [-0.15, -0.1) is 0 Å². The summed E-state index contributed by atoms with van der Waals surface area (Å²) in [5.74, 6) is 0.997. The molecule has 0 aliphatic carbocycles. The van der Waals surface area contributed by atoms with Crippen LogP contribution in [-0.4, -0.2) is 19.2 Å². The number of nitrogens with two attached hydrogens (primary N) is 1.